The topological polar surface area (TPSA) is 72.5 Å². The molecule has 1 rings (SSSR count). The van der Waals surface area contributed by atoms with E-state index < -0.39 is 5.97 Å². The van der Waals surface area contributed by atoms with Crippen LogP contribution in [0.25, 0.3) is 0 Å². The summed E-state index contributed by atoms with van der Waals surface area (Å²) in [5.74, 6) is -0.636. The van der Waals surface area contributed by atoms with Gasteiger partial charge in [0, 0.05) is 5.69 Å². The van der Waals surface area contributed by atoms with E-state index in [9.17, 15) is 4.79 Å². The number of hydrogen-bond donors (Lipinski definition) is 2. The average Bonchev–Trinajstić information content (AvgIpc) is 2.27. The molecule has 0 amide bonds. The minimum atomic E-state index is -1.02. The molecule has 0 aliphatic rings. The van der Waals surface area contributed by atoms with Crippen molar-refractivity contribution < 1.29 is 14.6 Å². The number of hydrogen-bond acceptors (Lipinski definition) is 3. The van der Waals surface area contributed by atoms with Gasteiger partial charge in [0.05, 0.1) is 6.10 Å². The summed E-state index contributed by atoms with van der Waals surface area (Å²) in [6.45, 7) is 4.01. The lowest BCUT2D eigenvalue weighted by atomic mass is 10.1. The van der Waals surface area contributed by atoms with Crippen molar-refractivity contribution in [1.82, 2.24) is 0 Å². The Kier molecular flexibility index (Phi) is 4.17. The first-order chi connectivity index (χ1) is 7.58. The highest BCUT2D eigenvalue weighted by molar-refractivity contribution is 5.92. The lowest BCUT2D eigenvalue weighted by Gasteiger charge is -2.17. The quantitative estimate of drug-likeness (QED) is 0.752. The van der Waals surface area contributed by atoms with Crippen LogP contribution in [0.1, 0.15) is 37.0 Å². The van der Waals surface area contributed by atoms with Crippen LogP contribution in [-0.4, -0.2) is 17.2 Å². The average molecular weight is 223 g/mol. The van der Waals surface area contributed by atoms with Crippen LogP contribution in [0.4, 0.5) is 5.69 Å². The lowest BCUT2D eigenvalue weighted by molar-refractivity contribution is 0.0688. The van der Waals surface area contributed by atoms with Crippen molar-refractivity contribution in [2.24, 2.45) is 0 Å². The van der Waals surface area contributed by atoms with Crippen molar-refractivity contribution in [2.75, 3.05) is 5.73 Å². The van der Waals surface area contributed by atoms with Crippen molar-refractivity contribution in [1.29, 1.82) is 0 Å². The van der Waals surface area contributed by atoms with Crippen LogP contribution in [0.2, 0.25) is 0 Å². The number of carboxylic acid groups (broad SMARTS) is 1. The number of carboxylic acids is 1. The molecule has 0 unspecified atom stereocenters. The first-order valence-corrected chi connectivity index (χ1v) is 5.37. The smallest absolute Gasteiger partial charge is 0.339 e. The highest BCUT2D eigenvalue weighted by atomic mass is 16.5. The third-order valence-electron chi connectivity index (χ3n) is 2.44. The highest BCUT2D eigenvalue weighted by Crippen LogP contribution is 2.23. The molecule has 4 nitrogen and oxygen atoms in total. The van der Waals surface area contributed by atoms with Crippen molar-refractivity contribution in [3.05, 3.63) is 23.8 Å². The molecule has 16 heavy (non-hydrogen) atoms. The molecule has 88 valence electrons. The Balaban J connectivity index is 2.98. The van der Waals surface area contributed by atoms with Gasteiger partial charge in [0.1, 0.15) is 11.3 Å². The molecule has 0 heterocycles. The maximum atomic E-state index is 11.0. The maximum Gasteiger partial charge on any atom is 0.339 e. The van der Waals surface area contributed by atoms with E-state index in [1.807, 2.05) is 13.8 Å². The number of aromatic carboxylic acids is 1. The Morgan fingerprint density at radius 2 is 2.06 bits per heavy atom. The van der Waals surface area contributed by atoms with Crippen LogP contribution in [0, 0.1) is 0 Å². The SMILES string of the molecule is CCC(CC)Oc1ccc(N)cc1C(=O)O. The summed E-state index contributed by atoms with van der Waals surface area (Å²) in [4.78, 5) is 11.0. The van der Waals surface area contributed by atoms with Gasteiger partial charge < -0.3 is 15.6 Å². The number of nitrogen functional groups attached to an aromatic ring is 1. The first kappa shape index (κ1) is 12.4. The van der Waals surface area contributed by atoms with Gasteiger partial charge in [0.2, 0.25) is 0 Å². The molecule has 0 radical (unpaired) electrons. The zero-order valence-corrected chi connectivity index (χ0v) is 9.56. The second-order valence-corrected chi connectivity index (χ2v) is 3.62. The van der Waals surface area contributed by atoms with Gasteiger partial charge in [0.15, 0.2) is 0 Å². The van der Waals surface area contributed by atoms with E-state index >= 15 is 0 Å². The van der Waals surface area contributed by atoms with Crippen molar-refractivity contribution in [3.63, 3.8) is 0 Å². The second-order valence-electron chi connectivity index (χ2n) is 3.62. The molecule has 0 saturated heterocycles. The molecule has 0 fully saturated rings. The third-order valence-corrected chi connectivity index (χ3v) is 2.44. The molecule has 0 aliphatic heterocycles. The summed E-state index contributed by atoms with van der Waals surface area (Å²) in [7, 11) is 0. The largest absolute Gasteiger partial charge is 0.490 e. The number of rotatable bonds is 5. The van der Waals surface area contributed by atoms with E-state index in [-0.39, 0.29) is 11.7 Å². The van der Waals surface area contributed by atoms with E-state index in [1.54, 1.807) is 12.1 Å². The molecule has 0 saturated carbocycles. The summed E-state index contributed by atoms with van der Waals surface area (Å²) in [6.07, 6.45) is 1.74. The van der Waals surface area contributed by atoms with Gasteiger partial charge in [0.25, 0.3) is 0 Å². The number of ether oxygens (including phenoxy) is 1. The van der Waals surface area contributed by atoms with Crippen molar-refractivity contribution in [3.8, 4) is 5.75 Å². The van der Waals surface area contributed by atoms with Crippen LogP contribution in [0.15, 0.2) is 18.2 Å². The molecule has 0 aliphatic carbocycles. The van der Waals surface area contributed by atoms with Gasteiger partial charge in [-0.25, -0.2) is 4.79 Å². The van der Waals surface area contributed by atoms with Gasteiger partial charge in [-0.15, -0.1) is 0 Å². The van der Waals surface area contributed by atoms with Gasteiger partial charge in [-0.05, 0) is 31.0 Å². The van der Waals surface area contributed by atoms with Crippen LogP contribution >= 0.6 is 0 Å². The summed E-state index contributed by atoms with van der Waals surface area (Å²) >= 11 is 0. The van der Waals surface area contributed by atoms with E-state index in [2.05, 4.69) is 0 Å². The Morgan fingerprint density at radius 1 is 1.44 bits per heavy atom. The fourth-order valence-electron chi connectivity index (χ4n) is 1.45. The van der Waals surface area contributed by atoms with E-state index in [1.165, 1.54) is 6.07 Å². The third kappa shape index (κ3) is 2.89. The molecule has 1 aromatic carbocycles. The van der Waals surface area contributed by atoms with Gasteiger partial charge in [-0.2, -0.15) is 0 Å². The molecule has 0 atom stereocenters. The van der Waals surface area contributed by atoms with Crippen molar-refractivity contribution in [2.45, 2.75) is 32.8 Å². The molecule has 0 aromatic heterocycles. The molecule has 3 N–H and O–H groups in total. The number of carbonyl (C=O) groups is 1. The zero-order chi connectivity index (χ0) is 12.1. The predicted octanol–water partition coefficient (Wildman–Crippen LogP) is 2.53. The Morgan fingerprint density at radius 3 is 2.56 bits per heavy atom. The maximum absolute atomic E-state index is 11.0. The Bertz CT molecular complexity index is 373. The van der Waals surface area contributed by atoms with Crippen LogP contribution in [0.5, 0.6) is 5.75 Å². The Labute approximate surface area is 95.0 Å². The number of anilines is 1. The standard InChI is InChI=1S/C12H17NO3/c1-3-9(4-2)16-11-6-5-8(13)7-10(11)12(14)15/h5-7,9H,3-4,13H2,1-2H3,(H,14,15). The Hall–Kier alpha value is -1.71. The fourth-order valence-corrected chi connectivity index (χ4v) is 1.45. The van der Waals surface area contributed by atoms with Crippen molar-refractivity contribution >= 4 is 11.7 Å². The van der Waals surface area contributed by atoms with Crippen LogP contribution in [0.3, 0.4) is 0 Å². The summed E-state index contributed by atoms with van der Waals surface area (Å²) in [6, 6.07) is 4.67. The summed E-state index contributed by atoms with van der Waals surface area (Å²) < 4.78 is 5.62. The number of benzene rings is 1. The normalized spacial score (nSPS) is 10.4. The fraction of sp³-hybridized carbons (Fsp3) is 0.417. The molecule has 4 heteroatoms. The minimum absolute atomic E-state index is 0.0433. The van der Waals surface area contributed by atoms with Crippen LogP contribution < -0.4 is 10.5 Å². The minimum Gasteiger partial charge on any atom is -0.490 e. The van der Waals surface area contributed by atoms with Gasteiger partial charge in [-0.1, -0.05) is 13.8 Å². The van der Waals surface area contributed by atoms with Gasteiger partial charge in [-0.3, -0.25) is 0 Å². The van der Waals surface area contributed by atoms with Crippen LogP contribution in [-0.2, 0) is 0 Å². The molecular formula is C12H17NO3. The van der Waals surface area contributed by atoms with E-state index in [0.717, 1.165) is 12.8 Å². The van der Waals surface area contributed by atoms with Gasteiger partial charge >= 0.3 is 5.97 Å². The molecule has 0 bridgehead atoms. The predicted molar refractivity (Wildman–Crippen MR) is 62.8 cm³/mol. The zero-order valence-electron chi connectivity index (χ0n) is 9.56. The molecule has 1 aromatic rings. The molecular weight excluding hydrogens is 206 g/mol. The highest BCUT2D eigenvalue weighted by Gasteiger charge is 2.14. The second kappa shape index (κ2) is 5.39. The summed E-state index contributed by atoms with van der Waals surface area (Å²) in [5, 5.41) is 9.01. The summed E-state index contributed by atoms with van der Waals surface area (Å²) in [5.41, 5.74) is 6.08. The molecule has 0 spiro atoms. The van der Waals surface area contributed by atoms with E-state index in [4.69, 9.17) is 15.6 Å². The lowest BCUT2D eigenvalue weighted by Crippen LogP contribution is -2.16. The first-order valence-electron chi connectivity index (χ1n) is 5.37. The monoisotopic (exact) mass is 223 g/mol. The number of nitrogens with two attached hydrogens (primary N) is 1. The van der Waals surface area contributed by atoms with E-state index in [0.29, 0.717) is 11.4 Å².